The molecule has 5 nitrogen and oxygen atoms in total. The number of ether oxygens (including phenoxy) is 1. The van der Waals surface area contributed by atoms with Gasteiger partial charge < -0.3 is 15.8 Å². The Labute approximate surface area is 121 Å². The SMILES string of the molecule is CC1CC(NC(=O)c2ccc3nc(N)sc3c2)CCO1. The first-order valence-corrected chi connectivity index (χ1v) is 7.52. The van der Waals surface area contributed by atoms with Crippen LogP contribution >= 0.6 is 11.3 Å². The van der Waals surface area contributed by atoms with Crippen molar-refractivity contribution < 1.29 is 9.53 Å². The van der Waals surface area contributed by atoms with Crippen LogP contribution in [-0.2, 0) is 4.74 Å². The second-order valence-electron chi connectivity index (χ2n) is 5.11. The molecule has 3 N–H and O–H groups in total. The molecule has 1 aliphatic heterocycles. The number of nitrogens with one attached hydrogen (secondary N) is 1. The largest absolute Gasteiger partial charge is 0.378 e. The number of nitrogen functional groups attached to an aromatic ring is 1. The Bertz CT molecular complexity index is 640. The van der Waals surface area contributed by atoms with Gasteiger partial charge in [0.05, 0.1) is 16.3 Å². The van der Waals surface area contributed by atoms with E-state index in [4.69, 9.17) is 10.5 Å². The summed E-state index contributed by atoms with van der Waals surface area (Å²) in [6.45, 7) is 2.74. The van der Waals surface area contributed by atoms with Gasteiger partial charge in [-0.05, 0) is 38.0 Å². The molecule has 6 heteroatoms. The number of anilines is 1. The number of hydrogen-bond donors (Lipinski definition) is 2. The maximum Gasteiger partial charge on any atom is 0.251 e. The summed E-state index contributed by atoms with van der Waals surface area (Å²) in [6.07, 6.45) is 1.94. The van der Waals surface area contributed by atoms with E-state index in [-0.39, 0.29) is 18.1 Å². The zero-order chi connectivity index (χ0) is 14.1. The molecule has 3 rings (SSSR count). The van der Waals surface area contributed by atoms with Gasteiger partial charge >= 0.3 is 0 Å². The molecule has 0 aliphatic carbocycles. The molecule has 1 aromatic heterocycles. The third-order valence-electron chi connectivity index (χ3n) is 3.49. The van der Waals surface area contributed by atoms with Crippen LogP contribution in [0.2, 0.25) is 0 Å². The topological polar surface area (TPSA) is 77.2 Å². The van der Waals surface area contributed by atoms with Gasteiger partial charge in [-0.2, -0.15) is 0 Å². The highest BCUT2D eigenvalue weighted by Gasteiger charge is 2.21. The van der Waals surface area contributed by atoms with E-state index in [0.29, 0.717) is 17.3 Å². The van der Waals surface area contributed by atoms with Gasteiger partial charge in [-0.15, -0.1) is 0 Å². The summed E-state index contributed by atoms with van der Waals surface area (Å²) in [5.41, 5.74) is 7.16. The molecule has 1 amide bonds. The minimum Gasteiger partial charge on any atom is -0.378 e. The number of carbonyl (C=O) groups is 1. The van der Waals surface area contributed by atoms with Crippen LogP contribution in [0, 0.1) is 0 Å². The van der Waals surface area contributed by atoms with Crippen LogP contribution in [-0.4, -0.2) is 29.6 Å². The molecular formula is C14H17N3O2S. The summed E-state index contributed by atoms with van der Waals surface area (Å²) in [6, 6.07) is 5.67. The lowest BCUT2D eigenvalue weighted by atomic mass is 10.0. The molecule has 1 aromatic carbocycles. The van der Waals surface area contributed by atoms with E-state index in [1.807, 2.05) is 19.1 Å². The molecule has 2 unspecified atom stereocenters. The van der Waals surface area contributed by atoms with E-state index in [2.05, 4.69) is 10.3 Å². The second kappa shape index (κ2) is 5.38. The molecule has 1 aliphatic rings. The number of carbonyl (C=O) groups excluding carboxylic acids is 1. The second-order valence-corrected chi connectivity index (χ2v) is 6.17. The number of hydrogen-bond acceptors (Lipinski definition) is 5. The molecule has 0 spiro atoms. The fourth-order valence-corrected chi connectivity index (χ4v) is 3.26. The maximum absolute atomic E-state index is 12.3. The van der Waals surface area contributed by atoms with Gasteiger partial charge in [0.25, 0.3) is 5.91 Å². The van der Waals surface area contributed by atoms with Crippen molar-refractivity contribution in [1.29, 1.82) is 0 Å². The van der Waals surface area contributed by atoms with Gasteiger partial charge in [0.15, 0.2) is 5.13 Å². The summed E-state index contributed by atoms with van der Waals surface area (Å²) >= 11 is 1.40. The first kappa shape index (κ1) is 13.3. The summed E-state index contributed by atoms with van der Waals surface area (Å²) in [5, 5.41) is 3.59. The average molecular weight is 291 g/mol. The van der Waals surface area contributed by atoms with Crippen LogP contribution in [0.15, 0.2) is 18.2 Å². The Hall–Kier alpha value is -1.66. The summed E-state index contributed by atoms with van der Waals surface area (Å²) in [5.74, 6) is -0.0435. The van der Waals surface area contributed by atoms with E-state index in [1.165, 1.54) is 11.3 Å². The van der Waals surface area contributed by atoms with Crippen LogP contribution in [0.25, 0.3) is 10.2 Å². The predicted octanol–water partition coefficient (Wildman–Crippen LogP) is 2.18. The highest BCUT2D eigenvalue weighted by Crippen LogP contribution is 2.24. The number of nitrogens with two attached hydrogens (primary N) is 1. The van der Waals surface area contributed by atoms with Crippen molar-refractivity contribution in [2.24, 2.45) is 0 Å². The molecule has 2 aromatic rings. The monoisotopic (exact) mass is 291 g/mol. The number of amides is 1. The van der Waals surface area contributed by atoms with Crippen molar-refractivity contribution in [1.82, 2.24) is 10.3 Å². The Morgan fingerprint density at radius 2 is 2.40 bits per heavy atom. The van der Waals surface area contributed by atoms with Crippen LogP contribution in [0.3, 0.4) is 0 Å². The quantitative estimate of drug-likeness (QED) is 0.889. The third kappa shape index (κ3) is 2.76. The molecule has 0 saturated carbocycles. The molecule has 0 radical (unpaired) electrons. The first-order chi connectivity index (χ1) is 9.61. The Balaban J connectivity index is 1.74. The number of benzene rings is 1. The molecule has 106 valence electrons. The summed E-state index contributed by atoms with van der Waals surface area (Å²) in [4.78, 5) is 16.5. The smallest absolute Gasteiger partial charge is 0.251 e. The predicted molar refractivity (Wildman–Crippen MR) is 79.9 cm³/mol. The first-order valence-electron chi connectivity index (χ1n) is 6.70. The van der Waals surface area contributed by atoms with Crippen LogP contribution < -0.4 is 11.1 Å². The average Bonchev–Trinajstić information content (AvgIpc) is 2.77. The van der Waals surface area contributed by atoms with Crippen LogP contribution in [0.4, 0.5) is 5.13 Å². The molecule has 0 bridgehead atoms. The van der Waals surface area contributed by atoms with Crippen molar-refractivity contribution >= 4 is 32.6 Å². The van der Waals surface area contributed by atoms with Crippen molar-refractivity contribution in [3.8, 4) is 0 Å². The number of aromatic nitrogens is 1. The minimum absolute atomic E-state index is 0.0435. The zero-order valence-electron chi connectivity index (χ0n) is 11.3. The summed E-state index contributed by atoms with van der Waals surface area (Å²) in [7, 11) is 0. The molecule has 1 saturated heterocycles. The van der Waals surface area contributed by atoms with E-state index >= 15 is 0 Å². The Morgan fingerprint density at radius 1 is 1.55 bits per heavy atom. The highest BCUT2D eigenvalue weighted by molar-refractivity contribution is 7.22. The number of thiazole rings is 1. The van der Waals surface area contributed by atoms with Gasteiger partial charge in [-0.1, -0.05) is 11.3 Å². The fraction of sp³-hybridized carbons (Fsp3) is 0.429. The summed E-state index contributed by atoms with van der Waals surface area (Å²) < 4.78 is 6.42. The van der Waals surface area contributed by atoms with Crippen molar-refractivity contribution in [3.05, 3.63) is 23.8 Å². The number of fused-ring (bicyclic) bond motifs is 1. The van der Waals surface area contributed by atoms with Crippen molar-refractivity contribution in [2.75, 3.05) is 12.3 Å². The van der Waals surface area contributed by atoms with Gasteiger partial charge in [0, 0.05) is 18.2 Å². The fourth-order valence-electron chi connectivity index (χ4n) is 2.48. The highest BCUT2D eigenvalue weighted by atomic mass is 32.1. The standard InChI is InChI=1S/C14H17N3O2S/c1-8-6-10(4-5-19-8)16-13(18)9-2-3-11-12(7-9)20-14(15)17-11/h2-3,7-8,10H,4-6H2,1H3,(H2,15,17)(H,16,18). The van der Waals surface area contributed by atoms with E-state index in [9.17, 15) is 4.79 Å². The van der Waals surface area contributed by atoms with E-state index in [0.717, 1.165) is 23.1 Å². The number of nitrogens with zero attached hydrogens (tertiary/aromatic N) is 1. The van der Waals surface area contributed by atoms with Crippen LogP contribution in [0.1, 0.15) is 30.1 Å². The normalized spacial score (nSPS) is 22.9. The lowest BCUT2D eigenvalue weighted by Gasteiger charge is -2.27. The Kier molecular flexibility index (Phi) is 3.58. The van der Waals surface area contributed by atoms with Crippen molar-refractivity contribution in [2.45, 2.75) is 31.9 Å². The maximum atomic E-state index is 12.3. The van der Waals surface area contributed by atoms with Gasteiger partial charge in [-0.3, -0.25) is 4.79 Å². The molecule has 20 heavy (non-hydrogen) atoms. The lowest BCUT2D eigenvalue weighted by molar-refractivity contribution is 0.0136. The molecule has 2 heterocycles. The molecule has 1 fully saturated rings. The third-order valence-corrected chi connectivity index (χ3v) is 4.33. The van der Waals surface area contributed by atoms with E-state index in [1.54, 1.807) is 6.07 Å². The van der Waals surface area contributed by atoms with Gasteiger partial charge in [0.1, 0.15) is 0 Å². The van der Waals surface area contributed by atoms with Crippen molar-refractivity contribution in [3.63, 3.8) is 0 Å². The van der Waals surface area contributed by atoms with Gasteiger partial charge in [0.2, 0.25) is 0 Å². The van der Waals surface area contributed by atoms with Crippen LogP contribution in [0.5, 0.6) is 0 Å². The number of rotatable bonds is 2. The van der Waals surface area contributed by atoms with E-state index < -0.39 is 0 Å². The lowest BCUT2D eigenvalue weighted by Crippen LogP contribution is -2.41. The Morgan fingerprint density at radius 3 is 3.20 bits per heavy atom. The minimum atomic E-state index is -0.0435. The molecular weight excluding hydrogens is 274 g/mol. The zero-order valence-corrected chi connectivity index (χ0v) is 12.1. The van der Waals surface area contributed by atoms with Gasteiger partial charge in [-0.25, -0.2) is 4.98 Å². The molecule has 2 atom stereocenters.